The van der Waals surface area contributed by atoms with Gasteiger partial charge in [0.1, 0.15) is 5.60 Å². The lowest BCUT2D eigenvalue weighted by atomic mass is 10.0. The van der Waals surface area contributed by atoms with Crippen molar-refractivity contribution in [3.05, 3.63) is 41.0 Å². The Labute approximate surface area is 216 Å². The van der Waals surface area contributed by atoms with Gasteiger partial charge in [-0.05, 0) is 57.4 Å². The molecule has 1 aromatic carbocycles. The van der Waals surface area contributed by atoms with E-state index in [1.54, 1.807) is 28.1 Å². The van der Waals surface area contributed by atoms with E-state index in [-0.39, 0.29) is 18.1 Å². The van der Waals surface area contributed by atoms with Crippen LogP contribution < -0.4 is 10.6 Å². The first-order valence-electron chi connectivity index (χ1n) is 12.3. The van der Waals surface area contributed by atoms with Crippen molar-refractivity contribution < 1.29 is 19.4 Å². The zero-order chi connectivity index (χ0) is 26.0. The summed E-state index contributed by atoms with van der Waals surface area (Å²) in [5.41, 5.74) is 8.42. The first-order chi connectivity index (χ1) is 17.0. The lowest BCUT2D eigenvalue weighted by molar-refractivity contribution is 0.0240. The summed E-state index contributed by atoms with van der Waals surface area (Å²) >= 11 is 6.49. The summed E-state index contributed by atoms with van der Waals surface area (Å²) in [6.07, 6.45) is 2.24. The van der Waals surface area contributed by atoms with Gasteiger partial charge in [0.2, 0.25) is 0 Å². The second-order valence-electron chi connectivity index (χ2n) is 10.3. The van der Waals surface area contributed by atoms with E-state index in [1.165, 1.54) is 0 Å². The van der Waals surface area contributed by atoms with Gasteiger partial charge < -0.3 is 30.3 Å². The number of anilines is 2. The number of piperazine rings is 1. The van der Waals surface area contributed by atoms with Gasteiger partial charge in [0.15, 0.2) is 5.82 Å². The summed E-state index contributed by atoms with van der Waals surface area (Å²) in [5.74, 6) is 0.546. The molecule has 194 valence electrons. The molecule has 2 saturated heterocycles. The number of halogens is 1. The number of carbonyl (C=O) groups excluding carboxylic acids is 2. The predicted molar refractivity (Wildman–Crippen MR) is 140 cm³/mol. The first kappa shape index (κ1) is 26.0. The van der Waals surface area contributed by atoms with E-state index in [9.17, 15) is 14.7 Å². The predicted octanol–water partition coefficient (Wildman–Crippen LogP) is 3.64. The summed E-state index contributed by atoms with van der Waals surface area (Å²) in [6, 6.07) is 7.17. The van der Waals surface area contributed by atoms with Crippen LogP contribution in [-0.2, 0) is 4.74 Å². The third-order valence-electron chi connectivity index (χ3n) is 6.41. The lowest BCUT2D eigenvalue weighted by Gasteiger charge is -2.36. The van der Waals surface area contributed by atoms with Crippen LogP contribution in [-0.4, -0.2) is 82.9 Å². The number of carbonyl (C=O) groups is 2. The number of piperidine rings is 1. The molecule has 4 rings (SSSR count). The standard InChI is InChI=1S/C26H34ClN5O4/c1-26(2,3)36-25(35)32-12-10-30(11-13-32)23-22(28)15-18(16-29-23)17-4-5-20(21(27)14-17)24(34)31-8-6-19(33)7-9-31/h4-5,14-16,19,33H,6-13,28H2,1-3H3. The Hall–Kier alpha value is -3.04. The zero-order valence-electron chi connectivity index (χ0n) is 21.0. The van der Waals surface area contributed by atoms with E-state index in [2.05, 4.69) is 9.88 Å². The van der Waals surface area contributed by atoms with Crippen molar-refractivity contribution in [2.75, 3.05) is 49.9 Å². The molecular weight excluding hydrogens is 482 g/mol. The number of hydrogen-bond acceptors (Lipinski definition) is 7. The Kier molecular flexibility index (Phi) is 7.61. The maximum absolute atomic E-state index is 12.9. The molecule has 2 aliphatic rings. The van der Waals surface area contributed by atoms with E-state index >= 15 is 0 Å². The highest BCUT2D eigenvalue weighted by Gasteiger charge is 2.27. The second kappa shape index (κ2) is 10.5. The van der Waals surface area contributed by atoms with Crippen LogP contribution in [0.2, 0.25) is 5.02 Å². The van der Waals surface area contributed by atoms with Gasteiger partial charge in [-0.1, -0.05) is 17.7 Å². The Morgan fingerprint density at radius 2 is 1.69 bits per heavy atom. The molecule has 0 unspecified atom stereocenters. The summed E-state index contributed by atoms with van der Waals surface area (Å²) < 4.78 is 5.46. The number of rotatable bonds is 3. The van der Waals surface area contributed by atoms with Crippen LogP contribution in [0.3, 0.4) is 0 Å². The fraction of sp³-hybridized carbons (Fsp3) is 0.500. The molecule has 2 amide bonds. The third kappa shape index (κ3) is 6.02. The van der Waals surface area contributed by atoms with Crippen molar-refractivity contribution in [1.29, 1.82) is 0 Å². The van der Waals surface area contributed by atoms with E-state index in [0.717, 1.165) is 11.1 Å². The molecule has 3 heterocycles. The molecule has 36 heavy (non-hydrogen) atoms. The number of nitrogen functional groups attached to an aromatic ring is 1. The molecule has 0 spiro atoms. The van der Waals surface area contributed by atoms with Crippen molar-refractivity contribution in [2.45, 2.75) is 45.3 Å². The van der Waals surface area contributed by atoms with Crippen molar-refractivity contribution in [2.24, 2.45) is 0 Å². The highest BCUT2D eigenvalue weighted by Crippen LogP contribution is 2.31. The molecule has 2 fully saturated rings. The maximum atomic E-state index is 12.9. The van der Waals surface area contributed by atoms with Crippen LogP contribution in [0.4, 0.5) is 16.3 Å². The SMILES string of the molecule is CC(C)(C)OC(=O)N1CCN(c2ncc(-c3ccc(C(=O)N4CCC(O)CC4)c(Cl)c3)cc2N)CC1. The fourth-order valence-electron chi connectivity index (χ4n) is 4.43. The minimum atomic E-state index is -0.526. The molecule has 3 N–H and O–H groups in total. The number of hydrogen-bond donors (Lipinski definition) is 2. The molecule has 1 aromatic heterocycles. The minimum Gasteiger partial charge on any atom is -0.444 e. The molecule has 2 aromatic rings. The third-order valence-corrected chi connectivity index (χ3v) is 6.72. The van der Waals surface area contributed by atoms with Crippen LogP contribution >= 0.6 is 11.6 Å². The number of aromatic nitrogens is 1. The number of benzene rings is 1. The van der Waals surface area contributed by atoms with Crippen LogP contribution in [0.25, 0.3) is 11.1 Å². The fourth-order valence-corrected chi connectivity index (χ4v) is 4.69. The van der Waals surface area contributed by atoms with Crippen molar-refractivity contribution in [3.63, 3.8) is 0 Å². The number of ether oxygens (including phenoxy) is 1. The van der Waals surface area contributed by atoms with Crippen molar-refractivity contribution in [3.8, 4) is 11.1 Å². The molecule has 0 bridgehead atoms. The van der Waals surface area contributed by atoms with Gasteiger partial charge >= 0.3 is 6.09 Å². The summed E-state index contributed by atoms with van der Waals surface area (Å²) in [7, 11) is 0. The monoisotopic (exact) mass is 515 g/mol. The molecule has 0 aliphatic carbocycles. The largest absolute Gasteiger partial charge is 0.444 e. The molecule has 0 radical (unpaired) electrons. The van der Waals surface area contributed by atoms with Gasteiger partial charge in [-0.15, -0.1) is 0 Å². The summed E-state index contributed by atoms with van der Waals surface area (Å²) in [4.78, 5) is 35.3. The number of likely N-dealkylation sites (tertiary alicyclic amines) is 1. The van der Waals surface area contributed by atoms with Gasteiger partial charge in [-0.3, -0.25) is 4.79 Å². The van der Waals surface area contributed by atoms with Crippen LogP contribution in [0.1, 0.15) is 44.0 Å². The highest BCUT2D eigenvalue weighted by atomic mass is 35.5. The Balaban J connectivity index is 1.42. The second-order valence-corrected chi connectivity index (χ2v) is 10.7. The van der Waals surface area contributed by atoms with Crippen LogP contribution in [0.5, 0.6) is 0 Å². The number of nitrogens with two attached hydrogens (primary N) is 1. The highest BCUT2D eigenvalue weighted by molar-refractivity contribution is 6.34. The number of aliphatic hydroxyl groups is 1. The van der Waals surface area contributed by atoms with E-state index < -0.39 is 5.60 Å². The molecular formula is C26H34ClN5O4. The van der Waals surface area contributed by atoms with E-state index in [1.807, 2.05) is 32.9 Å². The molecule has 9 nitrogen and oxygen atoms in total. The average molecular weight is 516 g/mol. The Bertz CT molecular complexity index is 1120. The molecule has 10 heteroatoms. The molecule has 2 aliphatic heterocycles. The normalized spacial score (nSPS) is 17.3. The minimum absolute atomic E-state index is 0.128. The van der Waals surface area contributed by atoms with E-state index in [4.69, 9.17) is 22.1 Å². The maximum Gasteiger partial charge on any atom is 0.410 e. The van der Waals surface area contributed by atoms with Gasteiger partial charge in [0, 0.05) is 51.0 Å². The van der Waals surface area contributed by atoms with Gasteiger partial charge in [0.05, 0.1) is 22.4 Å². The van der Waals surface area contributed by atoms with Crippen molar-refractivity contribution in [1.82, 2.24) is 14.8 Å². The van der Waals surface area contributed by atoms with Crippen LogP contribution in [0.15, 0.2) is 30.5 Å². The van der Waals surface area contributed by atoms with Gasteiger partial charge in [-0.25, -0.2) is 9.78 Å². The number of pyridine rings is 1. The molecule has 0 atom stereocenters. The summed E-state index contributed by atoms with van der Waals surface area (Å²) in [6.45, 7) is 8.86. The van der Waals surface area contributed by atoms with Gasteiger partial charge in [-0.2, -0.15) is 0 Å². The topological polar surface area (TPSA) is 112 Å². The number of amides is 2. The molecule has 0 saturated carbocycles. The number of nitrogens with zero attached hydrogens (tertiary/aromatic N) is 4. The Morgan fingerprint density at radius 3 is 2.28 bits per heavy atom. The van der Waals surface area contributed by atoms with Crippen molar-refractivity contribution >= 4 is 35.1 Å². The van der Waals surface area contributed by atoms with Gasteiger partial charge in [0.25, 0.3) is 5.91 Å². The Morgan fingerprint density at radius 1 is 1.03 bits per heavy atom. The van der Waals surface area contributed by atoms with E-state index in [0.29, 0.717) is 74.2 Å². The quantitative estimate of drug-likeness (QED) is 0.641. The smallest absolute Gasteiger partial charge is 0.410 e. The first-order valence-corrected chi connectivity index (χ1v) is 12.7. The zero-order valence-corrected chi connectivity index (χ0v) is 21.8. The average Bonchev–Trinajstić information content (AvgIpc) is 2.83. The lowest BCUT2D eigenvalue weighted by Crippen LogP contribution is -2.50. The number of aliphatic hydroxyl groups excluding tert-OH is 1. The summed E-state index contributed by atoms with van der Waals surface area (Å²) in [5, 5.41) is 10.1. The van der Waals surface area contributed by atoms with Crippen LogP contribution in [0, 0.1) is 0 Å².